The summed E-state index contributed by atoms with van der Waals surface area (Å²) >= 11 is 5.78. The van der Waals surface area contributed by atoms with Crippen molar-refractivity contribution in [2.24, 2.45) is 0 Å². The fraction of sp³-hybridized carbons (Fsp3) is 0.111. The van der Waals surface area contributed by atoms with Gasteiger partial charge < -0.3 is 0 Å². The van der Waals surface area contributed by atoms with Gasteiger partial charge in [0.05, 0.1) is 5.69 Å². The lowest BCUT2D eigenvalue weighted by Gasteiger charge is -2.06. The molecule has 3 nitrogen and oxygen atoms in total. The second-order valence-corrected chi connectivity index (χ2v) is 3.24. The lowest BCUT2D eigenvalue weighted by atomic mass is 10.2. The Hall–Kier alpha value is -1.42. The highest BCUT2D eigenvalue weighted by Gasteiger charge is 2.06. The third-order valence-electron chi connectivity index (χ3n) is 1.92. The van der Waals surface area contributed by atoms with Crippen molar-refractivity contribution < 1.29 is 4.39 Å². The lowest BCUT2D eigenvalue weighted by Crippen LogP contribution is -1.96. The summed E-state index contributed by atoms with van der Waals surface area (Å²) in [6, 6.07) is 4.45. The molecule has 1 aromatic heterocycles. The minimum Gasteiger partial charge on any atom is -0.272 e. The Balaban J connectivity index is 2.58. The van der Waals surface area contributed by atoms with E-state index in [4.69, 9.17) is 11.6 Å². The SMILES string of the molecule is Cc1cc(F)ccc1-n1cnnc1Cl. The summed E-state index contributed by atoms with van der Waals surface area (Å²) in [7, 11) is 0. The molecule has 0 saturated heterocycles. The maximum absolute atomic E-state index is 12.8. The predicted molar refractivity (Wildman–Crippen MR) is 51.1 cm³/mol. The average Bonchev–Trinajstić information content (AvgIpc) is 2.52. The van der Waals surface area contributed by atoms with Gasteiger partial charge in [-0.3, -0.25) is 4.57 Å². The van der Waals surface area contributed by atoms with E-state index in [-0.39, 0.29) is 11.1 Å². The van der Waals surface area contributed by atoms with Gasteiger partial charge in [0, 0.05) is 0 Å². The van der Waals surface area contributed by atoms with Crippen molar-refractivity contribution in [3.8, 4) is 5.69 Å². The smallest absolute Gasteiger partial charge is 0.229 e. The monoisotopic (exact) mass is 211 g/mol. The molecule has 1 heterocycles. The molecule has 0 aliphatic rings. The molecule has 72 valence electrons. The topological polar surface area (TPSA) is 30.7 Å². The second-order valence-electron chi connectivity index (χ2n) is 2.90. The van der Waals surface area contributed by atoms with Crippen molar-refractivity contribution in [3.05, 3.63) is 41.2 Å². The van der Waals surface area contributed by atoms with Gasteiger partial charge in [0.25, 0.3) is 0 Å². The van der Waals surface area contributed by atoms with Crippen LogP contribution in [-0.2, 0) is 0 Å². The molecule has 0 bridgehead atoms. The minimum absolute atomic E-state index is 0.264. The number of benzene rings is 1. The number of hydrogen-bond donors (Lipinski definition) is 0. The predicted octanol–water partition coefficient (Wildman–Crippen LogP) is 2.37. The van der Waals surface area contributed by atoms with Gasteiger partial charge in [-0.1, -0.05) is 0 Å². The zero-order valence-electron chi connectivity index (χ0n) is 7.41. The Kier molecular flexibility index (Phi) is 2.21. The molecule has 0 unspecified atom stereocenters. The van der Waals surface area contributed by atoms with Crippen LogP contribution in [0.1, 0.15) is 5.56 Å². The molecule has 0 aliphatic carbocycles. The van der Waals surface area contributed by atoms with Crippen molar-refractivity contribution in [2.45, 2.75) is 6.92 Å². The molecule has 0 aliphatic heterocycles. The van der Waals surface area contributed by atoms with Crippen molar-refractivity contribution in [1.82, 2.24) is 14.8 Å². The second kappa shape index (κ2) is 3.38. The molecule has 1 aromatic carbocycles. The Morgan fingerprint density at radius 3 is 2.79 bits per heavy atom. The quantitative estimate of drug-likeness (QED) is 0.725. The third kappa shape index (κ3) is 1.48. The van der Waals surface area contributed by atoms with Gasteiger partial charge in [0.2, 0.25) is 5.28 Å². The van der Waals surface area contributed by atoms with E-state index in [9.17, 15) is 4.39 Å². The highest BCUT2D eigenvalue weighted by atomic mass is 35.5. The Labute approximate surface area is 85.1 Å². The van der Waals surface area contributed by atoms with Gasteiger partial charge in [0.15, 0.2) is 0 Å². The molecule has 0 radical (unpaired) electrons. The maximum Gasteiger partial charge on any atom is 0.229 e. The molecule has 14 heavy (non-hydrogen) atoms. The number of nitrogens with zero attached hydrogens (tertiary/aromatic N) is 3. The van der Waals surface area contributed by atoms with E-state index in [1.807, 2.05) is 0 Å². The van der Waals surface area contributed by atoms with Crippen molar-refractivity contribution >= 4 is 11.6 Å². The van der Waals surface area contributed by atoms with Crippen LogP contribution in [0, 0.1) is 12.7 Å². The van der Waals surface area contributed by atoms with Crippen molar-refractivity contribution in [2.75, 3.05) is 0 Å². The van der Waals surface area contributed by atoms with E-state index in [1.54, 1.807) is 17.6 Å². The normalized spacial score (nSPS) is 10.5. The maximum atomic E-state index is 12.8. The number of hydrogen-bond acceptors (Lipinski definition) is 2. The molecule has 0 N–H and O–H groups in total. The zero-order chi connectivity index (χ0) is 10.1. The fourth-order valence-corrected chi connectivity index (χ4v) is 1.45. The van der Waals surface area contributed by atoms with Crippen LogP contribution in [0.5, 0.6) is 0 Å². The van der Waals surface area contributed by atoms with Gasteiger partial charge in [0.1, 0.15) is 12.1 Å². The van der Waals surface area contributed by atoms with Crippen molar-refractivity contribution in [1.29, 1.82) is 0 Å². The van der Waals surface area contributed by atoms with E-state index < -0.39 is 0 Å². The largest absolute Gasteiger partial charge is 0.272 e. The molecule has 5 heteroatoms. The van der Waals surface area contributed by atoms with Gasteiger partial charge in [-0.05, 0) is 42.3 Å². The summed E-state index contributed by atoms with van der Waals surface area (Å²) in [5, 5.41) is 7.55. The average molecular weight is 212 g/mol. The molecule has 0 atom stereocenters. The van der Waals surface area contributed by atoms with Crippen LogP contribution in [0.2, 0.25) is 5.28 Å². The third-order valence-corrected chi connectivity index (χ3v) is 2.18. The van der Waals surface area contributed by atoms with E-state index >= 15 is 0 Å². The van der Waals surface area contributed by atoms with Gasteiger partial charge in [-0.15, -0.1) is 10.2 Å². The van der Waals surface area contributed by atoms with Crippen LogP contribution in [0.15, 0.2) is 24.5 Å². The van der Waals surface area contributed by atoms with Crippen LogP contribution < -0.4 is 0 Å². The Morgan fingerprint density at radius 1 is 1.43 bits per heavy atom. The highest BCUT2D eigenvalue weighted by molar-refractivity contribution is 6.28. The fourth-order valence-electron chi connectivity index (χ4n) is 1.27. The first-order valence-electron chi connectivity index (χ1n) is 4.00. The number of halogens is 2. The molecule has 0 amide bonds. The number of aryl methyl sites for hydroxylation is 1. The van der Waals surface area contributed by atoms with Gasteiger partial charge in [-0.2, -0.15) is 0 Å². The van der Waals surface area contributed by atoms with Gasteiger partial charge in [-0.25, -0.2) is 4.39 Å². The Bertz CT molecular complexity index is 467. The molecule has 0 fully saturated rings. The van der Waals surface area contributed by atoms with Crippen LogP contribution in [0.3, 0.4) is 0 Å². The van der Waals surface area contributed by atoms with Crippen molar-refractivity contribution in [3.63, 3.8) is 0 Å². The van der Waals surface area contributed by atoms with Crippen LogP contribution in [0.25, 0.3) is 5.69 Å². The zero-order valence-corrected chi connectivity index (χ0v) is 8.16. The van der Waals surface area contributed by atoms with Gasteiger partial charge >= 0.3 is 0 Å². The number of aromatic nitrogens is 3. The molecule has 2 aromatic rings. The van der Waals surface area contributed by atoms with Crippen LogP contribution in [-0.4, -0.2) is 14.8 Å². The first kappa shape index (κ1) is 9.15. The summed E-state index contributed by atoms with van der Waals surface area (Å²) in [6.07, 6.45) is 1.49. The molecule has 2 rings (SSSR count). The Morgan fingerprint density at radius 2 is 2.21 bits per heavy atom. The van der Waals surface area contributed by atoms with E-state index in [0.29, 0.717) is 0 Å². The molecule has 0 saturated carbocycles. The summed E-state index contributed by atoms with van der Waals surface area (Å²) in [5.41, 5.74) is 1.56. The van der Waals surface area contributed by atoms with E-state index in [1.165, 1.54) is 18.5 Å². The summed E-state index contributed by atoms with van der Waals surface area (Å²) in [6.45, 7) is 1.80. The van der Waals surface area contributed by atoms with E-state index in [2.05, 4.69) is 10.2 Å². The molecular weight excluding hydrogens is 205 g/mol. The minimum atomic E-state index is -0.268. The summed E-state index contributed by atoms with van der Waals surface area (Å²) < 4.78 is 14.4. The van der Waals surface area contributed by atoms with Crippen LogP contribution >= 0.6 is 11.6 Å². The summed E-state index contributed by atoms with van der Waals surface area (Å²) in [4.78, 5) is 0. The van der Waals surface area contributed by atoms with Crippen LogP contribution in [0.4, 0.5) is 4.39 Å². The molecular formula is C9H7ClFN3. The first-order valence-corrected chi connectivity index (χ1v) is 4.38. The molecule has 0 spiro atoms. The summed E-state index contributed by atoms with van der Waals surface area (Å²) in [5.74, 6) is -0.268. The van der Waals surface area contributed by atoms with E-state index in [0.717, 1.165) is 11.3 Å². The number of rotatable bonds is 1. The lowest BCUT2D eigenvalue weighted by molar-refractivity contribution is 0.626. The highest BCUT2D eigenvalue weighted by Crippen LogP contribution is 2.18. The standard InChI is InChI=1S/C9H7ClFN3/c1-6-4-7(11)2-3-8(6)14-5-12-13-9(14)10/h2-5H,1H3. The first-order chi connectivity index (χ1) is 6.68.